The second kappa shape index (κ2) is 8.63. The molecule has 1 saturated heterocycles. The number of piperidine rings is 1. The smallest absolute Gasteiger partial charge is 0.243 e. The topological polar surface area (TPSA) is 78.5 Å². The van der Waals surface area contributed by atoms with Crippen LogP contribution in [-0.2, 0) is 14.8 Å². The Hall–Kier alpha value is -1.15. The summed E-state index contributed by atoms with van der Waals surface area (Å²) in [5.74, 6) is 0.362. The maximum absolute atomic E-state index is 12.6. The zero-order valence-corrected chi connectivity index (χ0v) is 15.0. The van der Waals surface area contributed by atoms with Crippen LogP contribution in [0.2, 0.25) is 0 Å². The van der Waals surface area contributed by atoms with Gasteiger partial charge in [0.05, 0.1) is 4.90 Å². The fourth-order valence-electron chi connectivity index (χ4n) is 2.71. The molecule has 0 radical (unpaired) electrons. The first-order valence-electron chi connectivity index (χ1n) is 7.46. The highest BCUT2D eigenvalue weighted by molar-refractivity contribution is 7.89. The van der Waals surface area contributed by atoms with E-state index >= 15 is 0 Å². The molecular formula is C15H24ClN3O3S. The molecule has 0 spiro atoms. The van der Waals surface area contributed by atoms with Gasteiger partial charge in [-0.3, -0.25) is 4.79 Å². The molecule has 0 aliphatic carbocycles. The van der Waals surface area contributed by atoms with Crippen molar-refractivity contribution in [3.8, 4) is 0 Å². The van der Waals surface area contributed by atoms with Crippen molar-refractivity contribution in [3.05, 3.63) is 24.3 Å². The maximum atomic E-state index is 12.6. The molecule has 8 heteroatoms. The van der Waals surface area contributed by atoms with E-state index in [-0.39, 0.29) is 23.2 Å². The van der Waals surface area contributed by atoms with Crippen LogP contribution in [0.5, 0.6) is 0 Å². The minimum absolute atomic E-state index is 0. The Morgan fingerprint density at radius 3 is 2.26 bits per heavy atom. The standard InChI is InChI=1S/C15H23N3O3S.ClH/c1-12(19)17-14-3-5-15(6-4-14)22(20,21)18-9-7-13(8-10-18)11-16-2;/h3-6,13,16H,7-11H2,1-2H3,(H,17,19);1H. The Labute approximate surface area is 144 Å². The second-order valence-corrected chi connectivity index (χ2v) is 7.55. The number of anilines is 1. The summed E-state index contributed by atoms with van der Waals surface area (Å²) in [6.45, 7) is 3.46. The molecule has 1 aromatic rings. The average molecular weight is 362 g/mol. The minimum atomic E-state index is -3.45. The van der Waals surface area contributed by atoms with Gasteiger partial charge >= 0.3 is 0 Å². The summed E-state index contributed by atoms with van der Waals surface area (Å²) in [4.78, 5) is 11.3. The zero-order chi connectivity index (χ0) is 16.2. The zero-order valence-electron chi connectivity index (χ0n) is 13.4. The Morgan fingerprint density at radius 2 is 1.78 bits per heavy atom. The summed E-state index contributed by atoms with van der Waals surface area (Å²) >= 11 is 0. The van der Waals surface area contributed by atoms with Gasteiger partial charge in [-0.15, -0.1) is 12.4 Å². The molecule has 1 amide bonds. The van der Waals surface area contributed by atoms with Gasteiger partial charge in [0.15, 0.2) is 0 Å². The van der Waals surface area contributed by atoms with Crippen LogP contribution in [0, 0.1) is 5.92 Å². The molecule has 23 heavy (non-hydrogen) atoms. The van der Waals surface area contributed by atoms with Crippen LogP contribution in [0.1, 0.15) is 19.8 Å². The molecule has 1 aliphatic rings. The number of hydrogen-bond donors (Lipinski definition) is 2. The lowest BCUT2D eigenvalue weighted by molar-refractivity contribution is -0.114. The molecule has 2 N–H and O–H groups in total. The summed E-state index contributed by atoms with van der Waals surface area (Å²) in [6.07, 6.45) is 1.76. The molecular weight excluding hydrogens is 338 g/mol. The van der Waals surface area contributed by atoms with Crippen LogP contribution in [0.15, 0.2) is 29.2 Å². The molecule has 1 aromatic carbocycles. The summed E-state index contributed by atoms with van der Waals surface area (Å²) in [5.41, 5.74) is 0.596. The summed E-state index contributed by atoms with van der Waals surface area (Å²) in [7, 11) is -1.53. The van der Waals surface area contributed by atoms with E-state index in [1.54, 1.807) is 28.6 Å². The first-order valence-corrected chi connectivity index (χ1v) is 8.90. The molecule has 2 rings (SSSR count). The quantitative estimate of drug-likeness (QED) is 0.836. The van der Waals surface area contributed by atoms with Crippen LogP contribution in [0.4, 0.5) is 5.69 Å². The summed E-state index contributed by atoms with van der Waals surface area (Å²) < 4.78 is 26.8. The van der Waals surface area contributed by atoms with Gasteiger partial charge < -0.3 is 10.6 Å². The predicted octanol–water partition coefficient (Wildman–Crippen LogP) is 1.69. The average Bonchev–Trinajstić information content (AvgIpc) is 2.48. The third-order valence-corrected chi connectivity index (χ3v) is 5.79. The highest BCUT2D eigenvalue weighted by Gasteiger charge is 2.29. The van der Waals surface area contributed by atoms with Crippen molar-refractivity contribution >= 4 is 34.0 Å². The summed E-state index contributed by atoms with van der Waals surface area (Å²) in [6, 6.07) is 6.31. The van der Waals surface area contributed by atoms with Crippen molar-refractivity contribution in [3.63, 3.8) is 0 Å². The lowest BCUT2D eigenvalue weighted by Gasteiger charge is -2.31. The number of carbonyl (C=O) groups is 1. The molecule has 0 unspecified atom stereocenters. The number of nitrogens with one attached hydrogen (secondary N) is 2. The van der Waals surface area contributed by atoms with Gasteiger partial charge in [-0.1, -0.05) is 0 Å². The first-order chi connectivity index (χ1) is 10.4. The first kappa shape index (κ1) is 19.9. The number of halogens is 1. The SMILES string of the molecule is CNCC1CCN(S(=O)(=O)c2ccc(NC(C)=O)cc2)CC1.Cl. The van der Waals surface area contributed by atoms with Crippen molar-refractivity contribution in [2.45, 2.75) is 24.7 Å². The number of hydrogen-bond acceptors (Lipinski definition) is 4. The molecule has 1 fully saturated rings. The van der Waals surface area contributed by atoms with Crippen LogP contribution < -0.4 is 10.6 Å². The highest BCUT2D eigenvalue weighted by atomic mass is 35.5. The van der Waals surface area contributed by atoms with Crippen molar-refractivity contribution < 1.29 is 13.2 Å². The number of rotatable bonds is 5. The highest BCUT2D eigenvalue weighted by Crippen LogP contribution is 2.24. The van der Waals surface area contributed by atoms with Gasteiger partial charge in [0.2, 0.25) is 15.9 Å². The fourth-order valence-corrected chi connectivity index (χ4v) is 4.17. The Morgan fingerprint density at radius 1 is 1.22 bits per heavy atom. The third kappa shape index (κ3) is 5.17. The fraction of sp³-hybridized carbons (Fsp3) is 0.533. The van der Waals surface area contributed by atoms with Gasteiger partial charge in [-0.2, -0.15) is 4.31 Å². The van der Waals surface area contributed by atoms with Crippen LogP contribution in [-0.4, -0.2) is 45.3 Å². The molecule has 0 atom stereocenters. The monoisotopic (exact) mass is 361 g/mol. The molecule has 0 aromatic heterocycles. The number of sulfonamides is 1. The largest absolute Gasteiger partial charge is 0.326 e. The summed E-state index contributed by atoms with van der Waals surface area (Å²) in [5, 5.41) is 5.77. The normalized spacial score (nSPS) is 16.6. The molecule has 1 heterocycles. The van der Waals surface area contributed by atoms with Crippen LogP contribution >= 0.6 is 12.4 Å². The Kier molecular flexibility index (Phi) is 7.47. The van der Waals surface area contributed by atoms with Crippen LogP contribution in [0.25, 0.3) is 0 Å². The number of amides is 1. The van der Waals surface area contributed by atoms with E-state index in [0.717, 1.165) is 19.4 Å². The second-order valence-electron chi connectivity index (χ2n) is 5.61. The van der Waals surface area contributed by atoms with Gasteiger partial charge in [0.25, 0.3) is 0 Å². The predicted molar refractivity (Wildman–Crippen MR) is 93.4 cm³/mol. The number of carbonyl (C=O) groups excluding carboxylic acids is 1. The maximum Gasteiger partial charge on any atom is 0.243 e. The van der Waals surface area contributed by atoms with Crippen molar-refractivity contribution in [2.24, 2.45) is 5.92 Å². The Bertz CT molecular complexity index is 611. The van der Waals surface area contributed by atoms with E-state index in [1.165, 1.54) is 6.92 Å². The van der Waals surface area contributed by atoms with Gasteiger partial charge in [0, 0.05) is 25.7 Å². The third-order valence-electron chi connectivity index (χ3n) is 3.88. The van der Waals surface area contributed by atoms with Gasteiger partial charge in [-0.25, -0.2) is 8.42 Å². The lowest BCUT2D eigenvalue weighted by atomic mass is 9.98. The van der Waals surface area contributed by atoms with E-state index in [1.807, 2.05) is 7.05 Å². The van der Waals surface area contributed by atoms with Crippen molar-refractivity contribution in [2.75, 3.05) is 32.0 Å². The van der Waals surface area contributed by atoms with E-state index in [2.05, 4.69) is 10.6 Å². The molecule has 130 valence electrons. The van der Waals surface area contributed by atoms with Crippen molar-refractivity contribution in [1.82, 2.24) is 9.62 Å². The molecule has 1 aliphatic heterocycles. The van der Waals surface area contributed by atoms with E-state index in [0.29, 0.717) is 24.7 Å². The van der Waals surface area contributed by atoms with E-state index in [4.69, 9.17) is 0 Å². The van der Waals surface area contributed by atoms with Gasteiger partial charge in [0.1, 0.15) is 0 Å². The molecule has 6 nitrogen and oxygen atoms in total. The molecule has 0 bridgehead atoms. The number of nitrogens with zero attached hydrogens (tertiary/aromatic N) is 1. The van der Waals surface area contributed by atoms with Gasteiger partial charge in [-0.05, 0) is 56.6 Å². The Balaban J connectivity index is 0.00000264. The van der Waals surface area contributed by atoms with E-state index < -0.39 is 10.0 Å². The van der Waals surface area contributed by atoms with E-state index in [9.17, 15) is 13.2 Å². The lowest BCUT2D eigenvalue weighted by Crippen LogP contribution is -2.40. The van der Waals surface area contributed by atoms with Crippen molar-refractivity contribution in [1.29, 1.82) is 0 Å². The molecule has 0 saturated carbocycles. The minimum Gasteiger partial charge on any atom is -0.326 e. The van der Waals surface area contributed by atoms with Crippen LogP contribution in [0.3, 0.4) is 0 Å². The number of benzene rings is 1.